The van der Waals surface area contributed by atoms with Crippen LogP contribution in [0.1, 0.15) is 58.6 Å². The lowest BCUT2D eigenvalue weighted by Crippen LogP contribution is -2.63. The van der Waals surface area contributed by atoms with Gasteiger partial charge in [-0.3, -0.25) is 4.79 Å². The highest BCUT2D eigenvalue weighted by atomic mass is 16.6. The fourth-order valence-electron chi connectivity index (χ4n) is 4.63. The molecular weight excluding hydrogens is 382 g/mol. The van der Waals surface area contributed by atoms with Crippen LogP contribution in [-0.4, -0.2) is 39.0 Å². The molecule has 0 spiro atoms. The third-order valence-corrected chi connectivity index (χ3v) is 6.35. The molecule has 2 aromatic rings. The summed E-state index contributed by atoms with van der Waals surface area (Å²) in [6.45, 7) is 8.42. The summed E-state index contributed by atoms with van der Waals surface area (Å²) >= 11 is 0. The molecule has 1 aromatic carbocycles. The molecule has 1 amide bonds. The van der Waals surface area contributed by atoms with Crippen molar-refractivity contribution in [1.82, 2.24) is 14.9 Å². The van der Waals surface area contributed by atoms with Gasteiger partial charge in [0, 0.05) is 6.54 Å². The minimum atomic E-state index is -0.520. The van der Waals surface area contributed by atoms with Crippen LogP contribution in [0.4, 0.5) is 4.79 Å². The molecule has 2 saturated heterocycles. The zero-order chi connectivity index (χ0) is 21.6. The van der Waals surface area contributed by atoms with E-state index in [1.165, 1.54) is 0 Å². The molecule has 1 saturated carbocycles. The Morgan fingerprint density at radius 1 is 1.23 bits per heavy atom. The Hall–Kier alpha value is -2.41. The molecule has 2 aliphatic heterocycles. The molecule has 3 heterocycles. The molecule has 162 valence electrons. The van der Waals surface area contributed by atoms with Crippen LogP contribution >= 0.6 is 0 Å². The van der Waals surface area contributed by atoms with Crippen molar-refractivity contribution in [3.05, 3.63) is 40.3 Å². The van der Waals surface area contributed by atoms with Gasteiger partial charge in [-0.25, -0.2) is 9.78 Å². The van der Waals surface area contributed by atoms with Gasteiger partial charge in [-0.1, -0.05) is 12.1 Å². The number of alkyl carbamates (subject to hydrolysis) is 1. The molecular formula is C23H31N3O4. The first-order valence-electron chi connectivity index (χ1n) is 10.7. The van der Waals surface area contributed by atoms with Gasteiger partial charge in [-0.15, -0.1) is 0 Å². The van der Waals surface area contributed by atoms with Crippen LogP contribution < -0.4 is 10.9 Å². The van der Waals surface area contributed by atoms with Gasteiger partial charge in [-0.2, -0.15) is 0 Å². The van der Waals surface area contributed by atoms with E-state index in [-0.39, 0.29) is 22.8 Å². The van der Waals surface area contributed by atoms with Crippen molar-refractivity contribution in [2.75, 3.05) is 6.61 Å². The zero-order valence-corrected chi connectivity index (χ0v) is 18.3. The number of nitrogens with one attached hydrogen (secondary N) is 1. The Morgan fingerprint density at radius 2 is 1.93 bits per heavy atom. The number of carbonyl (C=O) groups is 1. The van der Waals surface area contributed by atoms with Crippen LogP contribution in [-0.2, 0) is 16.0 Å². The van der Waals surface area contributed by atoms with Crippen molar-refractivity contribution in [2.24, 2.45) is 0 Å². The lowest BCUT2D eigenvalue weighted by atomic mass is 9.70. The summed E-state index contributed by atoms with van der Waals surface area (Å²) in [6.07, 6.45) is 3.82. The molecule has 2 bridgehead atoms. The maximum Gasteiger partial charge on any atom is 0.408 e. The number of carbonyl (C=O) groups excluding carboxylic acids is 1. The van der Waals surface area contributed by atoms with Crippen LogP contribution in [0.3, 0.4) is 0 Å². The molecule has 0 radical (unpaired) electrons. The Labute approximate surface area is 176 Å². The van der Waals surface area contributed by atoms with Gasteiger partial charge in [0.15, 0.2) is 0 Å². The highest BCUT2D eigenvalue weighted by Crippen LogP contribution is 2.45. The van der Waals surface area contributed by atoms with Crippen LogP contribution in [0.5, 0.6) is 0 Å². The molecule has 0 atom stereocenters. The summed E-state index contributed by atoms with van der Waals surface area (Å²) in [7, 11) is 0. The van der Waals surface area contributed by atoms with Gasteiger partial charge in [0.1, 0.15) is 11.3 Å². The first-order valence-corrected chi connectivity index (χ1v) is 10.7. The summed E-state index contributed by atoms with van der Waals surface area (Å²) in [5.41, 5.74) is 1.05. The second-order valence-electron chi connectivity index (χ2n) is 9.77. The number of hydrogen-bond donors (Lipinski definition) is 1. The third-order valence-electron chi connectivity index (χ3n) is 6.35. The summed E-state index contributed by atoms with van der Waals surface area (Å²) in [5, 5.41) is 3.06. The molecule has 1 aromatic heterocycles. The van der Waals surface area contributed by atoms with Crippen molar-refractivity contribution in [3.8, 4) is 0 Å². The molecule has 3 aliphatic rings. The molecule has 0 unspecified atom stereocenters. The van der Waals surface area contributed by atoms with Crippen LogP contribution in [0, 0.1) is 6.92 Å². The standard InChI is InChI=1S/C23H31N3O4/c1-16-19(27)26(18-8-6-5-7-17(18)24-16)14-13-23-11-9-22(10-12-23,15-29-23)25-20(28)30-21(2,3)4/h5-8H,9-15H2,1-4H3,(H,25,28). The monoisotopic (exact) mass is 413 g/mol. The average molecular weight is 414 g/mol. The van der Waals surface area contributed by atoms with E-state index in [2.05, 4.69) is 10.3 Å². The first-order chi connectivity index (χ1) is 14.1. The van der Waals surface area contributed by atoms with Gasteiger partial charge >= 0.3 is 6.09 Å². The molecule has 30 heavy (non-hydrogen) atoms. The third kappa shape index (κ3) is 4.08. The van der Waals surface area contributed by atoms with Crippen molar-refractivity contribution in [2.45, 2.75) is 83.1 Å². The van der Waals surface area contributed by atoms with E-state index in [1.807, 2.05) is 49.6 Å². The highest BCUT2D eigenvalue weighted by molar-refractivity contribution is 5.74. The predicted molar refractivity (Wildman–Crippen MR) is 115 cm³/mol. The number of aromatic nitrogens is 2. The summed E-state index contributed by atoms with van der Waals surface area (Å²) in [5.74, 6) is 0. The van der Waals surface area contributed by atoms with E-state index in [0.29, 0.717) is 18.8 Å². The molecule has 7 nitrogen and oxygen atoms in total. The Balaban J connectivity index is 1.44. The molecule has 5 rings (SSSR count). The highest BCUT2D eigenvalue weighted by Gasteiger charge is 2.50. The first kappa shape index (κ1) is 20.8. The van der Waals surface area contributed by atoms with Crippen LogP contribution in [0.2, 0.25) is 0 Å². The van der Waals surface area contributed by atoms with Crippen molar-refractivity contribution < 1.29 is 14.3 Å². The van der Waals surface area contributed by atoms with E-state index >= 15 is 0 Å². The SMILES string of the molecule is Cc1nc2ccccc2n(CCC23CCC(NC(=O)OC(C)(C)C)(CC2)CO3)c1=O. The number of para-hydroxylation sites is 2. The lowest BCUT2D eigenvalue weighted by Gasteiger charge is -2.53. The number of benzene rings is 1. The van der Waals surface area contributed by atoms with E-state index in [9.17, 15) is 9.59 Å². The van der Waals surface area contributed by atoms with Gasteiger partial charge in [0.05, 0.1) is 28.8 Å². The number of hydrogen-bond acceptors (Lipinski definition) is 5. The summed E-state index contributed by atoms with van der Waals surface area (Å²) < 4.78 is 13.6. The fourth-order valence-corrected chi connectivity index (χ4v) is 4.63. The Kier molecular flexibility index (Phi) is 5.12. The average Bonchev–Trinajstić information content (AvgIpc) is 2.68. The van der Waals surface area contributed by atoms with Gasteiger partial charge in [0.2, 0.25) is 0 Å². The molecule has 1 aliphatic carbocycles. The van der Waals surface area contributed by atoms with Gasteiger partial charge in [0.25, 0.3) is 5.56 Å². The minimum absolute atomic E-state index is 0.0438. The maximum absolute atomic E-state index is 12.7. The number of nitrogens with zero attached hydrogens (tertiary/aromatic N) is 2. The lowest BCUT2D eigenvalue weighted by molar-refractivity contribution is -0.165. The van der Waals surface area contributed by atoms with Crippen molar-refractivity contribution >= 4 is 17.1 Å². The van der Waals surface area contributed by atoms with Gasteiger partial charge < -0.3 is 19.4 Å². The number of aryl methyl sites for hydroxylation is 2. The molecule has 7 heteroatoms. The van der Waals surface area contributed by atoms with Gasteiger partial charge in [-0.05, 0) is 71.9 Å². The smallest absolute Gasteiger partial charge is 0.408 e. The Bertz CT molecular complexity index is 997. The van der Waals surface area contributed by atoms with E-state index in [4.69, 9.17) is 9.47 Å². The number of rotatable bonds is 4. The largest absolute Gasteiger partial charge is 0.444 e. The second kappa shape index (κ2) is 7.38. The van der Waals surface area contributed by atoms with Crippen molar-refractivity contribution in [1.29, 1.82) is 0 Å². The fraction of sp³-hybridized carbons (Fsp3) is 0.609. The summed E-state index contributed by atoms with van der Waals surface area (Å²) in [4.78, 5) is 29.4. The number of amides is 1. The zero-order valence-electron chi connectivity index (χ0n) is 18.3. The number of ether oxygens (including phenoxy) is 2. The predicted octanol–water partition coefficient (Wildman–Crippen LogP) is 3.70. The molecule has 1 N–H and O–H groups in total. The van der Waals surface area contributed by atoms with Crippen LogP contribution in [0.15, 0.2) is 29.1 Å². The quantitative estimate of drug-likeness (QED) is 0.826. The van der Waals surface area contributed by atoms with Crippen LogP contribution in [0.25, 0.3) is 11.0 Å². The topological polar surface area (TPSA) is 82.5 Å². The van der Waals surface area contributed by atoms with E-state index < -0.39 is 5.60 Å². The van der Waals surface area contributed by atoms with E-state index in [0.717, 1.165) is 43.1 Å². The van der Waals surface area contributed by atoms with E-state index in [1.54, 1.807) is 6.92 Å². The Morgan fingerprint density at radius 3 is 2.57 bits per heavy atom. The summed E-state index contributed by atoms with van der Waals surface area (Å²) in [6, 6.07) is 7.75. The van der Waals surface area contributed by atoms with Crippen molar-refractivity contribution in [3.63, 3.8) is 0 Å². The minimum Gasteiger partial charge on any atom is -0.444 e. The normalized spacial score (nSPS) is 26.0. The maximum atomic E-state index is 12.7. The second-order valence-corrected chi connectivity index (χ2v) is 9.77. The molecule has 3 fully saturated rings. The number of fused-ring (bicyclic) bond motifs is 4.